The summed E-state index contributed by atoms with van der Waals surface area (Å²) in [6.45, 7) is 3.57. The zero-order valence-electron chi connectivity index (χ0n) is 10.1. The van der Waals surface area contributed by atoms with Crippen LogP contribution in [0.15, 0.2) is 24.3 Å². The van der Waals surface area contributed by atoms with Crippen molar-refractivity contribution in [2.45, 2.75) is 0 Å². The van der Waals surface area contributed by atoms with Crippen LogP contribution < -0.4 is 4.74 Å². The maximum Gasteiger partial charge on any atom is 0.260 e. The molecule has 0 atom stereocenters. The number of nitrogens with zero attached hydrogens (tertiary/aromatic N) is 2. The summed E-state index contributed by atoms with van der Waals surface area (Å²) in [6.07, 6.45) is 0. The van der Waals surface area contributed by atoms with Crippen LogP contribution >= 0.6 is 0 Å². The maximum absolute atomic E-state index is 11.9. The van der Waals surface area contributed by atoms with E-state index in [1.54, 1.807) is 12.1 Å². The SMILES string of the molecule is CN1CCN(C(=O)COc2c[c]ccc2)CC1. The molecule has 2 rings (SSSR count). The van der Waals surface area contributed by atoms with Gasteiger partial charge in [-0.3, -0.25) is 4.79 Å². The van der Waals surface area contributed by atoms with Crippen molar-refractivity contribution in [1.29, 1.82) is 0 Å². The third-order valence-electron chi connectivity index (χ3n) is 2.90. The topological polar surface area (TPSA) is 32.8 Å². The molecule has 0 aromatic heterocycles. The van der Waals surface area contributed by atoms with E-state index in [9.17, 15) is 4.79 Å². The summed E-state index contributed by atoms with van der Waals surface area (Å²) in [5.41, 5.74) is 0. The summed E-state index contributed by atoms with van der Waals surface area (Å²) in [4.78, 5) is 15.9. The molecule has 1 aliphatic heterocycles. The van der Waals surface area contributed by atoms with E-state index in [4.69, 9.17) is 4.74 Å². The molecular formula is C13H17N2O2. The van der Waals surface area contributed by atoms with Gasteiger partial charge in [-0.05, 0) is 25.2 Å². The fourth-order valence-electron chi connectivity index (χ4n) is 1.76. The molecule has 0 saturated carbocycles. The number of hydrogen-bond acceptors (Lipinski definition) is 3. The van der Waals surface area contributed by atoms with E-state index >= 15 is 0 Å². The van der Waals surface area contributed by atoms with E-state index in [1.165, 1.54) is 0 Å². The monoisotopic (exact) mass is 233 g/mol. The molecule has 0 N–H and O–H groups in total. The molecule has 17 heavy (non-hydrogen) atoms. The molecule has 1 aromatic carbocycles. The van der Waals surface area contributed by atoms with Crippen LogP contribution in [0.5, 0.6) is 5.75 Å². The summed E-state index contributed by atoms with van der Waals surface area (Å²) in [5.74, 6) is 0.747. The Morgan fingerprint density at radius 2 is 2.18 bits per heavy atom. The summed E-state index contributed by atoms with van der Waals surface area (Å²) < 4.78 is 5.41. The van der Waals surface area contributed by atoms with Gasteiger partial charge in [-0.25, -0.2) is 0 Å². The smallest absolute Gasteiger partial charge is 0.260 e. The quantitative estimate of drug-likeness (QED) is 0.768. The second-order valence-corrected chi connectivity index (χ2v) is 4.21. The molecule has 4 heteroatoms. The van der Waals surface area contributed by atoms with Gasteiger partial charge in [0.15, 0.2) is 6.61 Å². The van der Waals surface area contributed by atoms with Crippen molar-refractivity contribution in [2.24, 2.45) is 0 Å². The van der Waals surface area contributed by atoms with Crippen LogP contribution in [0.1, 0.15) is 0 Å². The first-order valence-corrected chi connectivity index (χ1v) is 5.81. The zero-order chi connectivity index (χ0) is 12.1. The minimum atomic E-state index is 0.0574. The fourth-order valence-corrected chi connectivity index (χ4v) is 1.76. The second kappa shape index (κ2) is 5.68. The van der Waals surface area contributed by atoms with Crippen LogP contribution in [0.2, 0.25) is 0 Å². The van der Waals surface area contributed by atoms with Crippen molar-refractivity contribution in [1.82, 2.24) is 9.80 Å². The molecule has 0 aliphatic carbocycles. The van der Waals surface area contributed by atoms with Crippen molar-refractivity contribution in [3.05, 3.63) is 30.3 Å². The van der Waals surface area contributed by atoms with Crippen LogP contribution in [0.4, 0.5) is 0 Å². The van der Waals surface area contributed by atoms with Crippen molar-refractivity contribution in [3.63, 3.8) is 0 Å². The molecule has 1 fully saturated rings. The van der Waals surface area contributed by atoms with Gasteiger partial charge < -0.3 is 14.5 Å². The molecule has 1 heterocycles. The number of piperazine rings is 1. The van der Waals surface area contributed by atoms with Gasteiger partial charge in [0.1, 0.15) is 5.75 Å². The van der Waals surface area contributed by atoms with Crippen molar-refractivity contribution >= 4 is 5.91 Å². The Labute approximate surface area is 102 Å². The Morgan fingerprint density at radius 3 is 2.82 bits per heavy atom. The van der Waals surface area contributed by atoms with Crippen LogP contribution in [-0.4, -0.2) is 55.5 Å². The number of carbonyl (C=O) groups is 1. The Hall–Kier alpha value is -1.55. The third kappa shape index (κ3) is 3.46. The van der Waals surface area contributed by atoms with Crippen molar-refractivity contribution in [2.75, 3.05) is 39.8 Å². The molecule has 1 aromatic rings. The highest BCUT2D eigenvalue weighted by Gasteiger charge is 2.18. The van der Waals surface area contributed by atoms with E-state index in [1.807, 2.05) is 17.0 Å². The van der Waals surface area contributed by atoms with Crippen LogP contribution in [-0.2, 0) is 4.79 Å². The highest BCUT2D eigenvalue weighted by Crippen LogP contribution is 2.08. The largest absolute Gasteiger partial charge is 0.484 e. The summed E-state index contributed by atoms with van der Waals surface area (Å²) in [7, 11) is 2.07. The molecule has 0 bridgehead atoms. The van der Waals surface area contributed by atoms with Gasteiger partial charge in [0.2, 0.25) is 0 Å². The molecule has 0 unspecified atom stereocenters. The number of carbonyl (C=O) groups excluding carboxylic acids is 1. The van der Waals surface area contributed by atoms with Gasteiger partial charge in [0.25, 0.3) is 5.91 Å². The van der Waals surface area contributed by atoms with Crippen LogP contribution in [0.3, 0.4) is 0 Å². The average Bonchev–Trinajstić information content (AvgIpc) is 2.38. The first kappa shape index (κ1) is 11.9. The average molecular weight is 233 g/mol. The van der Waals surface area contributed by atoms with Gasteiger partial charge in [-0.2, -0.15) is 0 Å². The fraction of sp³-hybridized carbons (Fsp3) is 0.462. The molecule has 1 saturated heterocycles. The number of likely N-dealkylation sites (N-methyl/N-ethyl adjacent to an activating group) is 1. The first-order chi connectivity index (χ1) is 8.25. The van der Waals surface area contributed by atoms with Crippen LogP contribution in [0, 0.1) is 6.07 Å². The first-order valence-electron chi connectivity index (χ1n) is 5.81. The van der Waals surface area contributed by atoms with E-state index in [2.05, 4.69) is 18.0 Å². The van der Waals surface area contributed by atoms with E-state index in [-0.39, 0.29) is 12.5 Å². The molecule has 91 valence electrons. The number of amides is 1. The maximum atomic E-state index is 11.9. The highest BCUT2D eigenvalue weighted by atomic mass is 16.5. The molecule has 1 aliphatic rings. The lowest BCUT2D eigenvalue weighted by atomic mass is 10.3. The second-order valence-electron chi connectivity index (χ2n) is 4.21. The summed E-state index contributed by atoms with van der Waals surface area (Å²) in [6, 6.07) is 10.1. The minimum Gasteiger partial charge on any atom is -0.484 e. The molecule has 1 radical (unpaired) electrons. The Kier molecular flexibility index (Phi) is 3.98. The zero-order valence-corrected chi connectivity index (χ0v) is 10.1. The van der Waals surface area contributed by atoms with E-state index in [0.29, 0.717) is 5.75 Å². The number of benzene rings is 1. The van der Waals surface area contributed by atoms with Gasteiger partial charge in [-0.15, -0.1) is 0 Å². The molecular weight excluding hydrogens is 216 g/mol. The van der Waals surface area contributed by atoms with Crippen molar-refractivity contribution < 1.29 is 9.53 Å². The Bertz CT molecular complexity index is 359. The van der Waals surface area contributed by atoms with Crippen molar-refractivity contribution in [3.8, 4) is 5.75 Å². The normalized spacial score (nSPS) is 16.9. The Morgan fingerprint density at radius 1 is 1.41 bits per heavy atom. The summed E-state index contributed by atoms with van der Waals surface area (Å²) in [5, 5.41) is 0. The molecule has 4 nitrogen and oxygen atoms in total. The van der Waals surface area contributed by atoms with E-state index < -0.39 is 0 Å². The minimum absolute atomic E-state index is 0.0574. The lowest BCUT2D eigenvalue weighted by Crippen LogP contribution is -2.48. The van der Waals surface area contributed by atoms with E-state index in [0.717, 1.165) is 26.2 Å². The molecule has 1 amide bonds. The standard InChI is InChI=1S/C13H17N2O2/c1-14-7-9-15(10-8-14)13(16)11-17-12-5-3-2-4-6-12/h2-3,5-6H,7-11H2,1H3. The van der Waals surface area contributed by atoms with Gasteiger partial charge >= 0.3 is 0 Å². The van der Waals surface area contributed by atoms with Gasteiger partial charge in [-0.1, -0.05) is 12.1 Å². The number of hydrogen-bond donors (Lipinski definition) is 0. The van der Waals surface area contributed by atoms with Gasteiger partial charge in [0, 0.05) is 26.2 Å². The number of ether oxygens (including phenoxy) is 1. The third-order valence-corrected chi connectivity index (χ3v) is 2.90. The lowest BCUT2D eigenvalue weighted by Gasteiger charge is -2.32. The van der Waals surface area contributed by atoms with Crippen LogP contribution in [0.25, 0.3) is 0 Å². The summed E-state index contributed by atoms with van der Waals surface area (Å²) >= 11 is 0. The highest BCUT2D eigenvalue weighted by molar-refractivity contribution is 5.77. The Balaban J connectivity index is 1.78. The predicted molar refractivity (Wildman–Crippen MR) is 64.9 cm³/mol. The van der Waals surface area contributed by atoms with Gasteiger partial charge in [0.05, 0.1) is 0 Å². The number of rotatable bonds is 3. The predicted octanol–water partition coefficient (Wildman–Crippen LogP) is 0.640. The molecule has 0 spiro atoms. The lowest BCUT2D eigenvalue weighted by molar-refractivity contribution is -0.134.